The molecule has 2 aliphatic rings. The fraction of sp³-hybridized carbons (Fsp3) is 0.364. The Morgan fingerprint density at radius 3 is 2.93 bits per heavy atom. The highest BCUT2D eigenvalue weighted by molar-refractivity contribution is 7.09. The number of fused-ring (bicyclic) bond motifs is 2. The van der Waals surface area contributed by atoms with Crippen molar-refractivity contribution in [2.75, 3.05) is 19.6 Å². The SMILES string of the molecule is O=C1CC(C(=O)N2CCc3nc4ccccn4c(=O)c3C2)CN1CCc1cccs1. The summed E-state index contributed by atoms with van der Waals surface area (Å²) < 4.78 is 1.53. The lowest BCUT2D eigenvalue weighted by Gasteiger charge is -2.30. The highest BCUT2D eigenvalue weighted by Crippen LogP contribution is 2.24. The number of carbonyl (C=O) groups excluding carboxylic acids is 2. The minimum atomic E-state index is -0.335. The number of carbonyl (C=O) groups is 2. The maximum atomic E-state index is 13.1. The van der Waals surface area contributed by atoms with Crippen LogP contribution in [0.4, 0.5) is 0 Å². The fourth-order valence-corrected chi connectivity index (χ4v) is 5.05. The molecule has 0 aliphatic carbocycles. The maximum Gasteiger partial charge on any atom is 0.263 e. The van der Waals surface area contributed by atoms with Crippen molar-refractivity contribution in [1.82, 2.24) is 19.2 Å². The van der Waals surface area contributed by atoms with Crippen LogP contribution in [0.2, 0.25) is 0 Å². The number of rotatable bonds is 4. The second-order valence-electron chi connectivity index (χ2n) is 7.85. The smallest absolute Gasteiger partial charge is 0.263 e. The zero-order chi connectivity index (χ0) is 20.7. The number of aromatic nitrogens is 2. The van der Waals surface area contributed by atoms with Crippen molar-refractivity contribution < 1.29 is 9.59 Å². The van der Waals surface area contributed by atoms with E-state index < -0.39 is 0 Å². The van der Waals surface area contributed by atoms with E-state index in [9.17, 15) is 14.4 Å². The first-order chi connectivity index (χ1) is 14.6. The Morgan fingerprint density at radius 1 is 1.20 bits per heavy atom. The van der Waals surface area contributed by atoms with E-state index in [1.54, 1.807) is 33.4 Å². The molecule has 0 spiro atoms. The minimum Gasteiger partial charge on any atom is -0.342 e. The molecule has 1 saturated heterocycles. The van der Waals surface area contributed by atoms with E-state index in [1.165, 1.54) is 9.28 Å². The Balaban J connectivity index is 1.29. The zero-order valence-corrected chi connectivity index (χ0v) is 17.3. The van der Waals surface area contributed by atoms with Gasteiger partial charge in [-0.1, -0.05) is 12.1 Å². The highest BCUT2D eigenvalue weighted by Gasteiger charge is 2.37. The molecule has 1 unspecified atom stereocenters. The van der Waals surface area contributed by atoms with Crippen molar-refractivity contribution >= 4 is 28.8 Å². The molecule has 0 bridgehead atoms. The molecule has 8 heteroatoms. The Hall–Kier alpha value is -3.00. The molecule has 1 fully saturated rings. The predicted molar refractivity (Wildman–Crippen MR) is 113 cm³/mol. The molecule has 3 aromatic heterocycles. The van der Waals surface area contributed by atoms with Crippen LogP contribution < -0.4 is 5.56 Å². The van der Waals surface area contributed by atoms with E-state index in [1.807, 2.05) is 23.6 Å². The van der Waals surface area contributed by atoms with Crippen LogP contribution in [-0.2, 0) is 29.0 Å². The van der Waals surface area contributed by atoms with Crippen LogP contribution in [0, 0.1) is 5.92 Å². The quantitative estimate of drug-likeness (QED) is 0.642. The van der Waals surface area contributed by atoms with Crippen molar-refractivity contribution in [2.45, 2.75) is 25.8 Å². The third kappa shape index (κ3) is 3.41. The molecule has 0 radical (unpaired) electrons. The standard InChI is InChI=1S/C22H22N4O3S/c27-20-12-15(13-24(20)9-6-16-4-3-11-30-16)21(28)25-10-7-18-17(14-25)22(29)26-8-2-1-5-19(26)23-18/h1-5,8,11,15H,6-7,9-10,12-14H2. The molecule has 154 valence electrons. The first-order valence-electron chi connectivity index (χ1n) is 10.2. The Labute approximate surface area is 177 Å². The van der Waals surface area contributed by atoms with Crippen LogP contribution >= 0.6 is 11.3 Å². The molecule has 5 heterocycles. The van der Waals surface area contributed by atoms with Crippen LogP contribution in [0.25, 0.3) is 5.65 Å². The van der Waals surface area contributed by atoms with Crippen molar-refractivity contribution in [2.24, 2.45) is 5.92 Å². The van der Waals surface area contributed by atoms with Gasteiger partial charge in [0.2, 0.25) is 11.8 Å². The number of hydrogen-bond donors (Lipinski definition) is 0. The van der Waals surface area contributed by atoms with E-state index >= 15 is 0 Å². The summed E-state index contributed by atoms with van der Waals surface area (Å²) >= 11 is 1.68. The van der Waals surface area contributed by atoms with Gasteiger partial charge in [-0.15, -0.1) is 11.3 Å². The topological polar surface area (TPSA) is 75.0 Å². The van der Waals surface area contributed by atoms with Gasteiger partial charge in [-0.05, 0) is 30.0 Å². The maximum absolute atomic E-state index is 13.1. The summed E-state index contributed by atoms with van der Waals surface area (Å²) in [6.45, 7) is 1.89. The van der Waals surface area contributed by atoms with Gasteiger partial charge < -0.3 is 9.80 Å². The normalized spacial score (nSPS) is 18.8. The van der Waals surface area contributed by atoms with Gasteiger partial charge >= 0.3 is 0 Å². The lowest BCUT2D eigenvalue weighted by Crippen LogP contribution is -2.43. The third-order valence-corrected chi connectivity index (χ3v) is 6.90. The first-order valence-corrected chi connectivity index (χ1v) is 11.1. The molecule has 5 rings (SSSR count). The number of likely N-dealkylation sites (tertiary alicyclic amines) is 1. The molecule has 2 amide bonds. The number of pyridine rings is 1. The van der Waals surface area contributed by atoms with Crippen LogP contribution in [-0.4, -0.2) is 50.6 Å². The minimum absolute atomic E-state index is 0.0369. The number of hydrogen-bond acceptors (Lipinski definition) is 5. The summed E-state index contributed by atoms with van der Waals surface area (Å²) in [6, 6.07) is 9.54. The van der Waals surface area contributed by atoms with Gasteiger partial charge in [0.1, 0.15) is 5.65 Å². The van der Waals surface area contributed by atoms with Crippen molar-refractivity contribution in [3.05, 3.63) is 68.4 Å². The van der Waals surface area contributed by atoms with Gasteiger partial charge in [0, 0.05) is 43.5 Å². The average molecular weight is 423 g/mol. The number of nitrogens with zero attached hydrogens (tertiary/aromatic N) is 4. The largest absolute Gasteiger partial charge is 0.342 e. The highest BCUT2D eigenvalue weighted by atomic mass is 32.1. The molecule has 7 nitrogen and oxygen atoms in total. The fourth-order valence-electron chi connectivity index (χ4n) is 4.35. The lowest BCUT2D eigenvalue weighted by atomic mass is 10.0. The van der Waals surface area contributed by atoms with Crippen molar-refractivity contribution in [3.63, 3.8) is 0 Å². The molecule has 0 saturated carbocycles. The van der Waals surface area contributed by atoms with E-state index in [0.29, 0.717) is 37.3 Å². The molecule has 0 aromatic carbocycles. The zero-order valence-electron chi connectivity index (χ0n) is 16.5. The summed E-state index contributed by atoms with van der Waals surface area (Å²) in [5, 5.41) is 2.03. The molecule has 30 heavy (non-hydrogen) atoms. The van der Waals surface area contributed by atoms with E-state index in [2.05, 4.69) is 11.1 Å². The van der Waals surface area contributed by atoms with Gasteiger partial charge in [-0.3, -0.25) is 18.8 Å². The summed E-state index contributed by atoms with van der Waals surface area (Å²) in [6.07, 6.45) is 3.33. The van der Waals surface area contributed by atoms with Crippen LogP contribution in [0.3, 0.4) is 0 Å². The Morgan fingerprint density at radius 2 is 2.10 bits per heavy atom. The molecule has 1 atom stereocenters. The van der Waals surface area contributed by atoms with Crippen molar-refractivity contribution in [1.29, 1.82) is 0 Å². The Bertz CT molecular complexity index is 1170. The Kier molecular flexibility index (Phi) is 4.86. The van der Waals surface area contributed by atoms with Gasteiger partial charge in [0.15, 0.2) is 0 Å². The molecular weight excluding hydrogens is 400 g/mol. The molecular formula is C22H22N4O3S. The summed E-state index contributed by atoms with van der Waals surface area (Å²) in [5.41, 5.74) is 1.87. The summed E-state index contributed by atoms with van der Waals surface area (Å²) in [7, 11) is 0. The predicted octanol–water partition coefficient (Wildman–Crippen LogP) is 1.73. The average Bonchev–Trinajstić information content (AvgIpc) is 3.41. The van der Waals surface area contributed by atoms with E-state index in [-0.39, 0.29) is 36.3 Å². The second-order valence-corrected chi connectivity index (χ2v) is 8.88. The van der Waals surface area contributed by atoms with E-state index in [4.69, 9.17) is 0 Å². The second kappa shape index (κ2) is 7.68. The van der Waals surface area contributed by atoms with Crippen LogP contribution in [0.5, 0.6) is 0 Å². The van der Waals surface area contributed by atoms with Gasteiger partial charge in [0.25, 0.3) is 5.56 Å². The van der Waals surface area contributed by atoms with Crippen LogP contribution in [0.15, 0.2) is 46.7 Å². The number of thiophene rings is 1. The van der Waals surface area contributed by atoms with Crippen molar-refractivity contribution in [3.8, 4) is 0 Å². The molecule has 2 aliphatic heterocycles. The summed E-state index contributed by atoms with van der Waals surface area (Å²) in [4.78, 5) is 47.8. The van der Waals surface area contributed by atoms with Gasteiger partial charge in [0.05, 0.1) is 23.7 Å². The molecule has 3 aromatic rings. The monoisotopic (exact) mass is 422 g/mol. The first kappa shape index (κ1) is 19.0. The lowest BCUT2D eigenvalue weighted by molar-refractivity contribution is -0.136. The third-order valence-electron chi connectivity index (χ3n) is 5.96. The van der Waals surface area contributed by atoms with Gasteiger partial charge in [-0.25, -0.2) is 4.98 Å². The van der Waals surface area contributed by atoms with Crippen LogP contribution in [0.1, 0.15) is 22.6 Å². The molecule has 0 N–H and O–H groups in total. The summed E-state index contributed by atoms with van der Waals surface area (Å²) in [5.74, 6) is -0.334. The van der Waals surface area contributed by atoms with Gasteiger partial charge in [-0.2, -0.15) is 0 Å². The number of amides is 2. The van der Waals surface area contributed by atoms with E-state index in [0.717, 1.165) is 12.1 Å².